The maximum Gasteiger partial charge on any atom is 0.269 e. The first-order valence-corrected chi connectivity index (χ1v) is 7.34. The van der Waals surface area contributed by atoms with E-state index in [0.29, 0.717) is 31.4 Å². The van der Waals surface area contributed by atoms with Crippen LogP contribution in [0.15, 0.2) is 17.1 Å². The molecule has 1 aromatic rings. The summed E-state index contributed by atoms with van der Waals surface area (Å²) in [6, 6.07) is 1.84. The third-order valence-electron chi connectivity index (χ3n) is 3.69. The summed E-state index contributed by atoms with van der Waals surface area (Å²) in [6.07, 6.45) is 3.72. The van der Waals surface area contributed by atoms with Crippen molar-refractivity contribution in [2.24, 2.45) is 5.73 Å². The first kappa shape index (κ1) is 15.5. The van der Waals surface area contributed by atoms with Crippen LogP contribution < -0.4 is 16.2 Å². The third-order valence-corrected chi connectivity index (χ3v) is 3.69. The van der Waals surface area contributed by atoms with Crippen molar-refractivity contribution in [3.8, 4) is 0 Å². The predicted molar refractivity (Wildman–Crippen MR) is 81.2 cm³/mol. The van der Waals surface area contributed by atoms with Crippen molar-refractivity contribution in [2.45, 2.75) is 32.4 Å². The molecule has 0 aliphatic heterocycles. The molecule has 7 nitrogen and oxygen atoms in total. The van der Waals surface area contributed by atoms with E-state index >= 15 is 0 Å². The molecule has 0 bridgehead atoms. The number of carbonyl (C=O) groups is 1. The van der Waals surface area contributed by atoms with Crippen LogP contribution in [0.5, 0.6) is 0 Å². The van der Waals surface area contributed by atoms with Gasteiger partial charge in [0.15, 0.2) is 0 Å². The number of nitrogens with two attached hydrogens (primary N) is 1. The first-order valence-electron chi connectivity index (χ1n) is 7.34. The van der Waals surface area contributed by atoms with E-state index < -0.39 is 0 Å². The number of aromatic nitrogens is 2. The van der Waals surface area contributed by atoms with Crippen molar-refractivity contribution >= 4 is 11.6 Å². The molecule has 0 unspecified atom stereocenters. The molecule has 116 valence electrons. The van der Waals surface area contributed by atoms with Gasteiger partial charge in [-0.05, 0) is 19.8 Å². The summed E-state index contributed by atoms with van der Waals surface area (Å²) < 4.78 is 1.22. The van der Waals surface area contributed by atoms with Crippen LogP contribution in [-0.2, 0) is 11.3 Å². The minimum atomic E-state index is -0.267. The van der Waals surface area contributed by atoms with Crippen LogP contribution in [-0.4, -0.2) is 53.3 Å². The molecule has 0 saturated heterocycles. The molecular weight excluding hydrogens is 270 g/mol. The van der Waals surface area contributed by atoms with Gasteiger partial charge in [0.25, 0.3) is 5.56 Å². The van der Waals surface area contributed by atoms with Crippen molar-refractivity contribution in [2.75, 3.05) is 31.6 Å². The highest BCUT2D eigenvalue weighted by Gasteiger charge is 2.31. The maximum absolute atomic E-state index is 12.2. The summed E-state index contributed by atoms with van der Waals surface area (Å²) in [5, 5.41) is 4.09. The van der Waals surface area contributed by atoms with E-state index in [1.807, 2.05) is 23.8 Å². The molecule has 1 fully saturated rings. The quantitative estimate of drug-likeness (QED) is 0.743. The van der Waals surface area contributed by atoms with Crippen molar-refractivity contribution < 1.29 is 4.79 Å². The van der Waals surface area contributed by atoms with E-state index in [4.69, 9.17) is 5.73 Å². The highest BCUT2D eigenvalue weighted by molar-refractivity contribution is 5.76. The van der Waals surface area contributed by atoms with Crippen LogP contribution in [0.25, 0.3) is 0 Å². The van der Waals surface area contributed by atoms with Crippen LogP contribution in [0.2, 0.25) is 0 Å². The van der Waals surface area contributed by atoms with Gasteiger partial charge in [-0.15, -0.1) is 0 Å². The number of hydrogen-bond acceptors (Lipinski definition) is 5. The summed E-state index contributed by atoms with van der Waals surface area (Å²) in [5.74, 6) is -0.0438. The lowest BCUT2D eigenvalue weighted by Gasteiger charge is -2.21. The van der Waals surface area contributed by atoms with Gasteiger partial charge in [-0.1, -0.05) is 0 Å². The molecule has 7 heteroatoms. The van der Waals surface area contributed by atoms with Crippen molar-refractivity contribution in [3.63, 3.8) is 0 Å². The topological polar surface area (TPSA) is 84.5 Å². The Morgan fingerprint density at radius 2 is 2.24 bits per heavy atom. The number of anilines is 1. The van der Waals surface area contributed by atoms with Gasteiger partial charge in [0.05, 0.1) is 11.9 Å². The summed E-state index contributed by atoms with van der Waals surface area (Å²) in [6.45, 7) is 3.79. The third kappa shape index (κ3) is 3.81. The van der Waals surface area contributed by atoms with Gasteiger partial charge in [-0.25, -0.2) is 4.68 Å². The second kappa shape index (κ2) is 6.71. The van der Waals surface area contributed by atoms with Gasteiger partial charge in [0.1, 0.15) is 6.54 Å². The molecule has 1 aromatic heterocycles. The molecule has 0 atom stereocenters. The summed E-state index contributed by atoms with van der Waals surface area (Å²) in [7, 11) is 1.85. The van der Waals surface area contributed by atoms with Crippen LogP contribution in [0, 0.1) is 0 Å². The van der Waals surface area contributed by atoms with Crippen LogP contribution in [0.4, 0.5) is 5.69 Å². The van der Waals surface area contributed by atoms with E-state index in [2.05, 4.69) is 5.10 Å². The number of nitrogens with zero attached hydrogens (tertiary/aromatic N) is 4. The SMILES string of the molecule is CCN(C(=O)Cn1ncc(N(C)CCN)cc1=O)C1CC1. The monoisotopic (exact) mass is 293 g/mol. The zero-order valence-electron chi connectivity index (χ0n) is 12.7. The Hall–Kier alpha value is -1.89. The highest BCUT2D eigenvalue weighted by Crippen LogP contribution is 2.26. The second-order valence-electron chi connectivity index (χ2n) is 5.33. The lowest BCUT2D eigenvalue weighted by atomic mass is 10.4. The molecule has 1 amide bonds. The fraction of sp³-hybridized carbons (Fsp3) is 0.643. The zero-order valence-corrected chi connectivity index (χ0v) is 12.7. The van der Waals surface area contributed by atoms with Gasteiger partial charge >= 0.3 is 0 Å². The first-order chi connectivity index (χ1) is 10.1. The maximum atomic E-state index is 12.2. The van der Waals surface area contributed by atoms with E-state index in [-0.39, 0.29) is 18.0 Å². The number of rotatable bonds is 7. The molecule has 1 aliphatic carbocycles. The largest absolute Gasteiger partial charge is 0.372 e. The van der Waals surface area contributed by atoms with Gasteiger partial charge in [0, 0.05) is 38.8 Å². The van der Waals surface area contributed by atoms with E-state index in [9.17, 15) is 9.59 Å². The molecule has 2 N–H and O–H groups in total. The summed E-state index contributed by atoms with van der Waals surface area (Å²) in [4.78, 5) is 27.9. The molecule has 1 heterocycles. The Labute approximate surface area is 124 Å². The van der Waals surface area contributed by atoms with Gasteiger partial charge in [-0.3, -0.25) is 9.59 Å². The second-order valence-corrected chi connectivity index (χ2v) is 5.33. The number of hydrogen-bond donors (Lipinski definition) is 1. The van der Waals surface area contributed by atoms with E-state index in [1.165, 1.54) is 10.7 Å². The number of carbonyl (C=O) groups excluding carboxylic acids is 1. The predicted octanol–water partition coefficient (Wildman–Crippen LogP) is -0.351. The lowest BCUT2D eigenvalue weighted by molar-refractivity contribution is -0.132. The van der Waals surface area contributed by atoms with Crippen LogP contribution in [0.3, 0.4) is 0 Å². The van der Waals surface area contributed by atoms with Gasteiger partial charge in [-0.2, -0.15) is 5.10 Å². The van der Waals surface area contributed by atoms with Crippen LogP contribution >= 0.6 is 0 Å². The normalized spacial score (nSPS) is 14.0. The van der Waals surface area contributed by atoms with Crippen LogP contribution in [0.1, 0.15) is 19.8 Å². The van der Waals surface area contributed by atoms with Crippen molar-refractivity contribution in [1.29, 1.82) is 0 Å². The van der Waals surface area contributed by atoms with Gasteiger partial charge in [0.2, 0.25) is 5.91 Å². The Morgan fingerprint density at radius 3 is 2.76 bits per heavy atom. The average Bonchev–Trinajstić information content (AvgIpc) is 3.27. The Bertz CT molecular complexity index is 553. The molecule has 1 saturated carbocycles. The fourth-order valence-corrected chi connectivity index (χ4v) is 2.32. The molecule has 1 aliphatic rings. The molecule has 21 heavy (non-hydrogen) atoms. The molecule has 2 rings (SSSR count). The van der Waals surface area contributed by atoms with E-state index in [0.717, 1.165) is 12.8 Å². The molecule has 0 spiro atoms. The van der Waals surface area contributed by atoms with E-state index in [1.54, 1.807) is 6.20 Å². The fourth-order valence-electron chi connectivity index (χ4n) is 2.32. The highest BCUT2D eigenvalue weighted by atomic mass is 16.2. The average molecular weight is 293 g/mol. The number of amides is 1. The Kier molecular flexibility index (Phi) is 4.95. The number of likely N-dealkylation sites (N-methyl/N-ethyl adjacent to an activating group) is 2. The van der Waals surface area contributed by atoms with Crippen molar-refractivity contribution in [1.82, 2.24) is 14.7 Å². The Morgan fingerprint density at radius 1 is 1.52 bits per heavy atom. The molecule has 0 aromatic carbocycles. The Balaban J connectivity index is 2.07. The summed E-state index contributed by atoms with van der Waals surface area (Å²) in [5.41, 5.74) is 5.93. The minimum Gasteiger partial charge on any atom is -0.372 e. The minimum absolute atomic E-state index is 0.00402. The zero-order chi connectivity index (χ0) is 15.4. The smallest absolute Gasteiger partial charge is 0.269 e. The lowest BCUT2D eigenvalue weighted by Crippen LogP contribution is -2.38. The molecular formula is C14H23N5O2. The van der Waals surface area contributed by atoms with Crippen molar-refractivity contribution in [3.05, 3.63) is 22.6 Å². The summed E-state index contributed by atoms with van der Waals surface area (Å²) >= 11 is 0. The molecule has 0 radical (unpaired) electrons. The standard InChI is InChI=1S/C14H23N5O2/c1-3-18(11-4-5-11)14(21)10-19-13(20)8-12(9-16-19)17(2)7-6-15/h8-9,11H,3-7,10,15H2,1-2H3. The van der Waals surface area contributed by atoms with Gasteiger partial charge < -0.3 is 15.5 Å².